The van der Waals surface area contributed by atoms with Crippen LogP contribution in [-0.4, -0.2) is 67.3 Å². The number of hydrogen-bond acceptors (Lipinski definition) is 6. The summed E-state index contributed by atoms with van der Waals surface area (Å²) in [7, 11) is 0. The fourth-order valence-electron chi connectivity index (χ4n) is 3.38. The molecule has 4 heterocycles. The van der Waals surface area contributed by atoms with E-state index >= 15 is 0 Å². The Morgan fingerprint density at radius 2 is 2.25 bits per heavy atom. The quantitative estimate of drug-likeness (QED) is 0.422. The number of aromatic amines is 1. The summed E-state index contributed by atoms with van der Waals surface area (Å²) in [6, 6.07) is 0. The molecule has 2 N–H and O–H groups in total. The van der Waals surface area contributed by atoms with Gasteiger partial charge < -0.3 is 19.9 Å². The highest BCUT2D eigenvalue weighted by Crippen LogP contribution is 2.30. The van der Waals surface area contributed by atoms with E-state index in [-0.39, 0.29) is 48.3 Å². The number of aromatic nitrogens is 5. The van der Waals surface area contributed by atoms with Crippen LogP contribution in [0.25, 0.3) is 11.0 Å². The van der Waals surface area contributed by atoms with Crippen LogP contribution in [0, 0.1) is 5.82 Å². The van der Waals surface area contributed by atoms with Gasteiger partial charge in [-0.05, 0) is 12.5 Å². The molecule has 9 nitrogen and oxygen atoms in total. The van der Waals surface area contributed by atoms with Crippen LogP contribution < -0.4 is 10.1 Å². The number of nitrogens with zero attached hydrogens (tertiary/aromatic N) is 5. The minimum atomic E-state index is -2.58. The van der Waals surface area contributed by atoms with Gasteiger partial charge in [0, 0.05) is 18.9 Å². The number of carbonyl (C=O) groups is 1. The van der Waals surface area contributed by atoms with Crippen LogP contribution in [0.2, 0.25) is 0 Å². The van der Waals surface area contributed by atoms with E-state index in [0.717, 1.165) is 17.0 Å². The minimum Gasteiger partial charge on any atom is -0.469 e. The van der Waals surface area contributed by atoms with Gasteiger partial charge in [-0.15, -0.1) is 0 Å². The summed E-state index contributed by atoms with van der Waals surface area (Å²) < 4.78 is 60.6. The van der Waals surface area contributed by atoms with Crippen LogP contribution >= 0.6 is 0 Å². The first-order valence-corrected chi connectivity index (χ1v) is 9.68. The van der Waals surface area contributed by atoms with Gasteiger partial charge in [0.1, 0.15) is 29.9 Å². The van der Waals surface area contributed by atoms with Crippen molar-refractivity contribution in [1.29, 1.82) is 0 Å². The van der Waals surface area contributed by atoms with Crippen LogP contribution in [0.1, 0.15) is 6.42 Å². The largest absolute Gasteiger partial charge is 0.469 e. The number of halogens is 4. The Labute approximate surface area is 179 Å². The number of piperidine rings is 1. The van der Waals surface area contributed by atoms with E-state index in [1.165, 1.54) is 17.3 Å². The maximum atomic E-state index is 14.5. The van der Waals surface area contributed by atoms with Crippen LogP contribution in [-0.2, 0) is 11.3 Å². The van der Waals surface area contributed by atoms with Crippen LogP contribution in [0.5, 0.6) is 5.88 Å². The Morgan fingerprint density at radius 1 is 1.44 bits per heavy atom. The summed E-state index contributed by atoms with van der Waals surface area (Å²) in [4.78, 5) is 24.2. The molecule has 0 spiro atoms. The lowest BCUT2D eigenvalue weighted by Crippen LogP contribution is -2.49. The van der Waals surface area contributed by atoms with Crippen molar-refractivity contribution in [3.63, 3.8) is 0 Å². The van der Waals surface area contributed by atoms with Crippen molar-refractivity contribution in [1.82, 2.24) is 29.6 Å². The van der Waals surface area contributed by atoms with E-state index in [1.54, 1.807) is 0 Å². The number of rotatable bonds is 7. The number of ether oxygens (including phenoxy) is 1. The fourth-order valence-corrected chi connectivity index (χ4v) is 3.38. The van der Waals surface area contributed by atoms with E-state index in [9.17, 15) is 22.4 Å². The minimum absolute atomic E-state index is 0.0442. The molecular formula is C19H19F4N7O2. The van der Waals surface area contributed by atoms with E-state index in [1.807, 2.05) is 0 Å². The summed E-state index contributed by atoms with van der Waals surface area (Å²) >= 11 is 0. The van der Waals surface area contributed by atoms with Gasteiger partial charge >= 0.3 is 0 Å². The molecule has 3 aromatic rings. The van der Waals surface area contributed by atoms with Gasteiger partial charge in [-0.3, -0.25) is 9.48 Å². The molecule has 2 atom stereocenters. The number of nitrogens with one attached hydrogen (secondary N) is 2. The number of carbonyl (C=O) groups excluding carboxylic acids is 1. The van der Waals surface area contributed by atoms with E-state index in [4.69, 9.17) is 4.74 Å². The van der Waals surface area contributed by atoms with Crippen molar-refractivity contribution in [2.45, 2.75) is 31.7 Å². The molecule has 1 amide bonds. The molecular weight excluding hydrogens is 434 g/mol. The lowest BCUT2D eigenvalue weighted by Gasteiger charge is -2.34. The number of alkyl halides is 3. The molecule has 3 aromatic heterocycles. The van der Waals surface area contributed by atoms with Crippen molar-refractivity contribution in [3.05, 3.63) is 37.1 Å². The topological polar surface area (TPSA) is 101 Å². The third kappa shape index (κ3) is 4.50. The summed E-state index contributed by atoms with van der Waals surface area (Å²) in [6.07, 6.45) is -0.215. The van der Waals surface area contributed by atoms with E-state index in [2.05, 4.69) is 31.9 Å². The highest BCUT2D eigenvalue weighted by Gasteiger charge is 2.33. The number of hydrogen-bond donors (Lipinski definition) is 2. The Kier molecular flexibility index (Phi) is 5.97. The number of likely N-dealkylation sites (tertiary alicyclic amines) is 1. The summed E-state index contributed by atoms with van der Waals surface area (Å²) in [5.74, 6) is -1.33. The van der Waals surface area contributed by atoms with Crippen LogP contribution in [0.15, 0.2) is 31.2 Å². The highest BCUT2D eigenvalue weighted by atomic mass is 19.3. The molecule has 1 aliphatic rings. The average Bonchev–Trinajstić information content (AvgIpc) is 3.34. The summed E-state index contributed by atoms with van der Waals surface area (Å²) in [5.41, 5.74) is 0.395. The Bertz CT molecular complexity index is 1130. The van der Waals surface area contributed by atoms with Crippen molar-refractivity contribution in [2.24, 2.45) is 0 Å². The zero-order valence-electron chi connectivity index (χ0n) is 16.6. The molecule has 0 radical (unpaired) electrons. The number of anilines is 2. The Morgan fingerprint density at radius 3 is 3.00 bits per heavy atom. The van der Waals surface area contributed by atoms with Gasteiger partial charge in [0.25, 0.3) is 6.43 Å². The molecule has 0 aliphatic carbocycles. The second-order valence-corrected chi connectivity index (χ2v) is 7.13. The standard InChI is InChI=1S/C19H19F4N7O2/c1-2-15(31)29-4-3-11(20)13(8-29)32-18-16-12(21)6-24-17(16)27-19(28-18)26-10-5-25-30(7-10)9-14(22)23/h2,5-7,11,13-14H,1,3-4,8-9H2,(H2,24,26,27,28). The highest BCUT2D eigenvalue weighted by molar-refractivity contribution is 5.87. The monoisotopic (exact) mass is 453 g/mol. The Balaban J connectivity index is 1.60. The third-order valence-electron chi connectivity index (χ3n) is 4.89. The third-order valence-corrected chi connectivity index (χ3v) is 4.89. The van der Waals surface area contributed by atoms with Crippen LogP contribution in [0.3, 0.4) is 0 Å². The zero-order chi connectivity index (χ0) is 22.8. The maximum absolute atomic E-state index is 14.5. The fraction of sp³-hybridized carbons (Fsp3) is 0.368. The summed E-state index contributed by atoms with van der Waals surface area (Å²) in [5, 5.41) is 6.50. The van der Waals surface area contributed by atoms with Gasteiger partial charge in [-0.1, -0.05) is 6.58 Å². The normalized spacial score (nSPS) is 18.8. The van der Waals surface area contributed by atoms with Gasteiger partial charge in [-0.25, -0.2) is 17.6 Å². The predicted molar refractivity (Wildman–Crippen MR) is 106 cm³/mol. The van der Waals surface area contributed by atoms with Crippen molar-refractivity contribution < 1.29 is 27.1 Å². The second-order valence-electron chi connectivity index (χ2n) is 7.13. The maximum Gasteiger partial charge on any atom is 0.257 e. The molecule has 170 valence electrons. The molecule has 1 aliphatic heterocycles. The molecule has 13 heteroatoms. The molecule has 32 heavy (non-hydrogen) atoms. The molecule has 2 unspecified atom stereocenters. The average molecular weight is 453 g/mol. The molecule has 4 rings (SSSR count). The van der Waals surface area contributed by atoms with E-state index < -0.39 is 31.1 Å². The summed E-state index contributed by atoms with van der Waals surface area (Å²) in [6.45, 7) is 2.98. The molecule has 0 saturated carbocycles. The Hall–Kier alpha value is -3.64. The van der Waals surface area contributed by atoms with Crippen LogP contribution in [0.4, 0.5) is 29.2 Å². The smallest absolute Gasteiger partial charge is 0.257 e. The molecule has 1 saturated heterocycles. The van der Waals surface area contributed by atoms with Crippen molar-refractivity contribution in [2.75, 3.05) is 18.4 Å². The predicted octanol–water partition coefficient (Wildman–Crippen LogP) is 2.81. The van der Waals surface area contributed by atoms with E-state index in [0.29, 0.717) is 5.69 Å². The van der Waals surface area contributed by atoms with Crippen molar-refractivity contribution >= 4 is 28.6 Å². The number of amides is 1. The van der Waals surface area contributed by atoms with Gasteiger partial charge in [-0.2, -0.15) is 15.1 Å². The molecule has 0 aromatic carbocycles. The molecule has 0 bridgehead atoms. The first-order valence-electron chi connectivity index (χ1n) is 9.68. The lowest BCUT2D eigenvalue weighted by molar-refractivity contribution is -0.130. The van der Waals surface area contributed by atoms with Gasteiger partial charge in [0.2, 0.25) is 17.7 Å². The molecule has 1 fully saturated rings. The zero-order valence-corrected chi connectivity index (χ0v) is 16.6. The number of H-pyrrole nitrogens is 1. The SMILES string of the molecule is C=CC(=O)N1CCC(F)C(Oc2nc(Nc3cnn(CC(F)F)c3)nc3[nH]cc(F)c23)C1. The first kappa shape index (κ1) is 21.6. The lowest BCUT2D eigenvalue weighted by atomic mass is 10.1. The number of fused-ring (bicyclic) bond motifs is 1. The van der Waals surface area contributed by atoms with Crippen molar-refractivity contribution in [3.8, 4) is 5.88 Å². The van der Waals surface area contributed by atoms with Gasteiger partial charge in [0.05, 0.1) is 18.4 Å². The second kappa shape index (κ2) is 8.85. The van der Waals surface area contributed by atoms with Gasteiger partial charge in [0.15, 0.2) is 5.82 Å². The first-order chi connectivity index (χ1) is 15.3.